The zero-order chi connectivity index (χ0) is 16.9. The molecule has 7 heteroatoms. The van der Waals surface area contributed by atoms with Crippen LogP contribution in [0.5, 0.6) is 0 Å². The molecule has 0 spiro atoms. The number of carbonyl (C=O) groups excluding carboxylic acids is 2. The minimum absolute atomic E-state index is 0.0883. The first-order valence-corrected chi connectivity index (χ1v) is 8.93. The number of piperidine rings is 1. The van der Waals surface area contributed by atoms with Crippen molar-refractivity contribution in [2.75, 3.05) is 13.1 Å². The van der Waals surface area contributed by atoms with Crippen LogP contribution >= 0.6 is 11.3 Å². The average molecular weight is 344 g/mol. The van der Waals surface area contributed by atoms with E-state index < -0.39 is 0 Å². The SMILES string of the molecule is NC(=O)C1CCN(C(=O)CCc2csc(-c3cccnc3)n2)CC1. The summed E-state index contributed by atoms with van der Waals surface area (Å²) >= 11 is 1.57. The summed E-state index contributed by atoms with van der Waals surface area (Å²) in [6.45, 7) is 1.23. The molecule has 1 aliphatic heterocycles. The monoisotopic (exact) mass is 344 g/mol. The van der Waals surface area contributed by atoms with Crippen molar-refractivity contribution in [3.05, 3.63) is 35.6 Å². The second-order valence-corrected chi connectivity index (χ2v) is 6.80. The van der Waals surface area contributed by atoms with Crippen LogP contribution in [0.25, 0.3) is 10.6 Å². The van der Waals surface area contributed by atoms with Gasteiger partial charge >= 0.3 is 0 Å². The van der Waals surface area contributed by atoms with E-state index in [0.29, 0.717) is 38.8 Å². The van der Waals surface area contributed by atoms with Crippen LogP contribution in [0, 0.1) is 5.92 Å². The number of primary amides is 1. The van der Waals surface area contributed by atoms with E-state index in [0.717, 1.165) is 16.3 Å². The van der Waals surface area contributed by atoms with Crippen molar-refractivity contribution in [3.63, 3.8) is 0 Å². The summed E-state index contributed by atoms with van der Waals surface area (Å²) in [5, 5.41) is 2.92. The Balaban J connectivity index is 1.50. The molecule has 0 unspecified atom stereocenters. The highest BCUT2D eigenvalue weighted by Gasteiger charge is 2.25. The average Bonchev–Trinajstić information content (AvgIpc) is 3.09. The van der Waals surface area contributed by atoms with Crippen molar-refractivity contribution in [2.45, 2.75) is 25.7 Å². The van der Waals surface area contributed by atoms with E-state index in [1.165, 1.54) is 0 Å². The summed E-state index contributed by atoms with van der Waals surface area (Å²) < 4.78 is 0. The molecule has 3 rings (SSSR count). The van der Waals surface area contributed by atoms with Crippen LogP contribution in [0.15, 0.2) is 29.9 Å². The number of thiazole rings is 1. The lowest BCUT2D eigenvalue weighted by Gasteiger charge is -2.30. The van der Waals surface area contributed by atoms with Gasteiger partial charge in [-0.15, -0.1) is 11.3 Å². The van der Waals surface area contributed by atoms with Gasteiger partial charge in [-0.2, -0.15) is 0 Å². The van der Waals surface area contributed by atoms with Crippen molar-refractivity contribution >= 4 is 23.2 Å². The molecule has 2 amide bonds. The van der Waals surface area contributed by atoms with Crippen LogP contribution in [0.4, 0.5) is 0 Å². The number of amides is 2. The largest absolute Gasteiger partial charge is 0.369 e. The number of aromatic nitrogens is 2. The molecule has 0 aromatic carbocycles. The molecule has 0 saturated carbocycles. The van der Waals surface area contributed by atoms with Crippen LogP contribution < -0.4 is 5.73 Å². The van der Waals surface area contributed by atoms with Gasteiger partial charge in [0.25, 0.3) is 0 Å². The van der Waals surface area contributed by atoms with Gasteiger partial charge in [0.2, 0.25) is 11.8 Å². The Hall–Kier alpha value is -2.28. The maximum atomic E-state index is 12.3. The third-order valence-corrected chi connectivity index (χ3v) is 5.25. The van der Waals surface area contributed by atoms with Crippen LogP contribution in [0.3, 0.4) is 0 Å². The van der Waals surface area contributed by atoms with Gasteiger partial charge in [-0.25, -0.2) is 4.98 Å². The van der Waals surface area contributed by atoms with Gasteiger partial charge in [0.15, 0.2) is 0 Å². The Labute approximate surface area is 144 Å². The van der Waals surface area contributed by atoms with E-state index in [4.69, 9.17) is 5.73 Å². The second kappa shape index (κ2) is 7.53. The van der Waals surface area contributed by atoms with Gasteiger partial charge in [-0.3, -0.25) is 14.6 Å². The number of hydrogen-bond acceptors (Lipinski definition) is 5. The minimum Gasteiger partial charge on any atom is -0.369 e. The van der Waals surface area contributed by atoms with Crippen molar-refractivity contribution in [1.82, 2.24) is 14.9 Å². The molecule has 0 bridgehead atoms. The Kier molecular flexibility index (Phi) is 5.20. The number of carbonyl (C=O) groups is 2. The summed E-state index contributed by atoms with van der Waals surface area (Å²) in [5.74, 6) is -0.226. The van der Waals surface area contributed by atoms with Crippen LogP contribution in [-0.2, 0) is 16.0 Å². The van der Waals surface area contributed by atoms with Gasteiger partial charge < -0.3 is 10.6 Å². The minimum atomic E-state index is -0.257. The number of aryl methyl sites for hydroxylation is 1. The molecule has 24 heavy (non-hydrogen) atoms. The summed E-state index contributed by atoms with van der Waals surface area (Å²) in [7, 11) is 0. The van der Waals surface area contributed by atoms with Gasteiger partial charge in [0.1, 0.15) is 5.01 Å². The first kappa shape index (κ1) is 16.6. The quantitative estimate of drug-likeness (QED) is 0.896. The van der Waals surface area contributed by atoms with E-state index in [1.807, 2.05) is 22.4 Å². The van der Waals surface area contributed by atoms with Crippen molar-refractivity contribution in [1.29, 1.82) is 0 Å². The summed E-state index contributed by atoms with van der Waals surface area (Å²) in [5.41, 5.74) is 7.24. The lowest BCUT2D eigenvalue weighted by Crippen LogP contribution is -2.41. The van der Waals surface area contributed by atoms with Crippen LogP contribution in [0.2, 0.25) is 0 Å². The summed E-state index contributed by atoms with van der Waals surface area (Å²) in [6, 6.07) is 3.86. The number of likely N-dealkylation sites (tertiary alicyclic amines) is 1. The lowest BCUT2D eigenvalue weighted by molar-refractivity contribution is -0.134. The Morgan fingerprint density at radius 3 is 2.79 bits per heavy atom. The van der Waals surface area contributed by atoms with Gasteiger partial charge in [0.05, 0.1) is 5.69 Å². The van der Waals surface area contributed by atoms with Crippen LogP contribution in [-0.4, -0.2) is 39.8 Å². The second-order valence-electron chi connectivity index (χ2n) is 5.94. The fraction of sp³-hybridized carbons (Fsp3) is 0.412. The van der Waals surface area contributed by atoms with E-state index >= 15 is 0 Å². The standard InChI is InChI=1S/C17H20N4O2S/c18-16(23)12-5-8-21(9-6-12)15(22)4-3-14-11-24-17(20-14)13-2-1-7-19-10-13/h1-2,7,10-12H,3-6,8-9H2,(H2,18,23). The topological polar surface area (TPSA) is 89.2 Å². The molecular weight excluding hydrogens is 324 g/mol. The number of nitrogens with zero attached hydrogens (tertiary/aromatic N) is 3. The predicted octanol–water partition coefficient (Wildman–Crippen LogP) is 1.86. The normalized spacial score (nSPS) is 15.4. The molecule has 126 valence electrons. The van der Waals surface area contributed by atoms with Crippen LogP contribution in [0.1, 0.15) is 25.0 Å². The van der Waals surface area contributed by atoms with Gasteiger partial charge in [0, 0.05) is 48.8 Å². The number of pyridine rings is 1. The molecular formula is C17H20N4O2S. The molecule has 1 fully saturated rings. The Morgan fingerprint density at radius 2 is 2.12 bits per heavy atom. The van der Waals surface area contributed by atoms with Crippen molar-refractivity contribution in [2.24, 2.45) is 11.7 Å². The fourth-order valence-electron chi connectivity index (χ4n) is 2.85. The summed E-state index contributed by atoms with van der Waals surface area (Å²) in [4.78, 5) is 34.0. The molecule has 0 aliphatic carbocycles. The highest BCUT2D eigenvalue weighted by atomic mass is 32.1. The maximum Gasteiger partial charge on any atom is 0.222 e. The zero-order valence-corrected chi connectivity index (χ0v) is 14.2. The molecule has 0 atom stereocenters. The number of rotatable bonds is 5. The molecule has 2 aromatic rings. The van der Waals surface area contributed by atoms with Crippen molar-refractivity contribution < 1.29 is 9.59 Å². The number of hydrogen-bond donors (Lipinski definition) is 1. The van der Waals surface area contributed by atoms with E-state index in [2.05, 4.69) is 9.97 Å². The molecule has 2 aromatic heterocycles. The molecule has 2 N–H and O–H groups in total. The highest BCUT2D eigenvalue weighted by molar-refractivity contribution is 7.13. The lowest BCUT2D eigenvalue weighted by atomic mass is 9.96. The highest BCUT2D eigenvalue weighted by Crippen LogP contribution is 2.23. The third-order valence-electron chi connectivity index (χ3n) is 4.31. The summed E-state index contributed by atoms with van der Waals surface area (Å²) in [6.07, 6.45) is 5.93. The maximum absolute atomic E-state index is 12.3. The predicted molar refractivity (Wildman–Crippen MR) is 92.2 cm³/mol. The number of nitrogens with two attached hydrogens (primary N) is 1. The molecule has 6 nitrogen and oxygen atoms in total. The Bertz CT molecular complexity index is 708. The third kappa shape index (κ3) is 3.97. The van der Waals surface area contributed by atoms with Gasteiger partial charge in [-0.05, 0) is 31.4 Å². The molecule has 3 heterocycles. The van der Waals surface area contributed by atoms with E-state index in [-0.39, 0.29) is 17.7 Å². The smallest absolute Gasteiger partial charge is 0.222 e. The molecule has 0 radical (unpaired) electrons. The van der Waals surface area contributed by atoms with E-state index in [1.54, 1.807) is 23.7 Å². The Morgan fingerprint density at radius 1 is 1.33 bits per heavy atom. The zero-order valence-electron chi connectivity index (χ0n) is 13.4. The molecule has 1 saturated heterocycles. The fourth-order valence-corrected chi connectivity index (χ4v) is 3.70. The van der Waals surface area contributed by atoms with Gasteiger partial charge in [-0.1, -0.05) is 0 Å². The first-order valence-electron chi connectivity index (χ1n) is 8.05. The first-order chi connectivity index (χ1) is 11.6. The van der Waals surface area contributed by atoms with Crippen molar-refractivity contribution in [3.8, 4) is 10.6 Å². The molecule has 1 aliphatic rings. The van der Waals surface area contributed by atoms with E-state index in [9.17, 15) is 9.59 Å².